The number of likely N-dealkylation sites (N-methyl/N-ethyl adjacent to an activating group) is 1. The highest BCUT2D eigenvalue weighted by molar-refractivity contribution is 6.26. The van der Waals surface area contributed by atoms with Gasteiger partial charge in [-0.05, 0) is 34.5 Å². The van der Waals surface area contributed by atoms with Gasteiger partial charge in [0.1, 0.15) is 5.76 Å². The molecule has 2 aromatic carbocycles. The van der Waals surface area contributed by atoms with Crippen molar-refractivity contribution in [2.75, 3.05) is 7.05 Å². The number of carbonyl (C=O) groups excluding carboxylic acids is 1. The third kappa shape index (κ3) is 2.92. The van der Waals surface area contributed by atoms with E-state index in [9.17, 15) is 9.90 Å². The summed E-state index contributed by atoms with van der Waals surface area (Å²) < 4.78 is 0. The van der Waals surface area contributed by atoms with Crippen LogP contribution in [0.15, 0.2) is 67.0 Å². The van der Waals surface area contributed by atoms with E-state index in [1.807, 2.05) is 42.5 Å². The molecule has 1 aromatic heterocycles. The molecule has 0 atom stereocenters. The fourth-order valence-corrected chi connectivity index (χ4v) is 2.50. The summed E-state index contributed by atoms with van der Waals surface area (Å²) in [5, 5.41) is 15.3. The number of aromatic nitrogens is 1. The van der Waals surface area contributed by atoms with Crippen molar-refractivity contribution in [3.63, 3.8) is 0 Å². The Morgan fingerprint density at radius 2 is 1.65 bits per heavy atom. The smallest absolute Gasteiger partial charge is 0.255 e. The van der Waals surface area contributed by atoms with Crippen LogP contribution < -0.4 is 5.32 Å². The minimum Gasteiger partial charge on any atom is -0.506 e. The van der Waals surface area contributed by atoms with Gasteiger partial charge in [0.05, 0.1) is 5.57 Å². The number of benzene rings is 2. The molecular formula is C19H16N2O2. The number of aliphatic hydroxyl groups excluding tert-OH is 1. The summed E-state index contributed by atoms with van der Waals surface area (Å²) in [5.41, 5.74) is 1.45. The second-order valence-corrected chi connectivity index (χ2v) is 5.10. The van der Waals surface area contributed by atoms with E-state index in [0.717, 1.165) is 10.8 Å². The van der Waals surface area contributed by atoms with Crippen LogP contribution in [0.1, 0.15) is 11.1 Å². The zero-order valence-electron chi connectivity index (χ0n) is 12.7. The molecule has 3 aromatic rings. The van der Waals surface area contributed by atoms with E-state index in [2.05, 4.69) is 10.3 Å². The molecule has 0 spiro atoms. The number of hydrogen-bond acceptors (Lipinski definition) is 3. The largest absolute Gasteiger partial charge is 0.506 e. The number of amides is 1. The van der Waals surface area contributed by atoms with Gasteiger partial charge in [-0.3, -0.25) is 9.78 Å². The van der Waals surface area contributed by atoms with E-state index in [1.165, 1.54) is 0 Å². The van der Waals surface area contributed by atoms with Crippen molar-refractivity contribution >= 4 is 28.0 Å². The van der Waals surface area contributed by atoms with Gasteiger partial charge in [-0.1, -0.05) is 36.4 Å². The van der Waals surface area contributed by atoms with Crippen molar-refractivity contribution in [1.82, 2.24) is 10.3 Å². The molecule has 0 aliphatic carbocycles. The highest BCUT2D eigenvalue weighted by Gasteiger charge is 2.18. The van der Waals surface area contributed by atoms with Gasteiger partial charge >= 0.3 is 0 Å². The Kier molecular flexibility index (Phi) is 4.06. The number of aliphatic hydroxyl groups is 1. The van der Waals surface area contributed by atoms with Crippen LogP contribution in [0.3, 0.4) is 0 Å². The fourth-order valence-electron chi connectivity index (χ4n) is 2.50. The Labute approximate surface area is 134 Å². The fraction of sp³-hybridized carbons (Fsp3) is 0.0526. The van der Waals surface area contributed by atoms with Crippen molar-refractivity contribution in [2.24, 2.45) is 0 Å². The van der Waals surface area contributed by atoms with Gasteiger partial charge in [0.25, 0.3) is 5.91 Å². The molecule has 0 saturated heterocycles. The lowest BCUT2D eigenvalue weighted by atomic mass is 9.97. The molecule has 1 amide bonds. The number of fused-ring (bicyclic) bond motifs is 1. The van der Waals surface area contributed by atoms with Gasteiger partial charge < -0.3 is 10.4 Å². The molecule has 0 aliphatic rings. The van der Waals surface area contributed by atoms with E-state index < -0.39 is 0 Å². The second kappa shape index (κ2) is 6.32. The monoisotopic (exact) mass is 304 g/mol. The second-order valence-electron chi connectivity index (χ2n) is 5.10. The first kappa shape index (κ1) is 14.8. The van der Waals surface area contributed by atoms with Crippen LogP contribution in [0, 0.1) is 0 Å². The van der Waals surface area contributed by atoms with E-state index in [4.69, 9.17) is 0 Å². The molecule has 23 heavy (non-hydrogen) atoms. The Morgan fingerprint density at radius 1 is 0.957 bits per heavy atom. The summed E-state index contributed by atoms with van der Waals surface area (Å²) in [6.45, 7) is 0. The van der Waals surface area contributed by atoms with Crippen molar-refractivity contribution in [3.05, 3.63) is 78.1 Å². The van der Waals surface area contributed by atoms with Crippen LogP contribution in [0.5, 0.6) is 0 Å². The number of hydrogen-bond donors (Lipinski definition) is 2. The van der Waals surface area contributed by atoms with E-state index >= 15 is 0 Å². The van der Waals surface area contributed by atoms with Crippen LogP contribution in [0.2, 0.25) is 0 Å². The normalized spacial score (nSPS) is 11.9. The molecule has 0 unspecified atom stereocenters. The van der Waals surface area contributed by atoms with Crippen molar-refractivity contribution < 1.29 is 9.90 Å². The third-order valence-electron chi connectivity index (χ3n) is 3.68. The summed E-state index contributed by atoms with van der Waals surface area (Å²) in [4.78, 5) is 16.3. The molecule has 0 radical (unpaired) electrons. The molecule has 0 saturated carbocycles. The van der Waals surface area contributed by atoms with E-state index in [-0.39, 0.29) is 17.2 Å². The van der Waals surface area contributed by atoms with E-state index in [1.54, 1.807) is 31.6 Å². The predicted molar refractivity (Wildman–Crippen MR) is 91.7 cm³/mol. The van der Waals surface area contributed by atoms with Crippen molar-refractivity contribution in [3.8, 4) is 0 Å². The van der Waals surface area contributed by atoms with Gasteiger partial charge in [0.2, 0.25) is 0 Å². The molecule has 0 fully saturated rings. The molecule has 114 valence electrons. The topological polar surface area (TPSA) is 62.2 Å². The quantitative estimate of drug-likeness (QED) is 0.576. The van der Waals surface area contributed by atoms with Crippen LogP contribution in [-0.2, 0) is 4.79 Å². The van der Waals surface area contributed by atoms with Crippen molar-refractivity contribution in [1.29, 1.82) is 0 Å². The molecule has 0 aliphatic heterocycles. The molecular weight excluding hydrogens is 288 g/mol. The molecule has 2 N–H and O–H groups in total. The van der Waals surface area contributed by atoms with Crippen LogP contribution in [0.25, 0.3) is 22.1 Å². The standard InChI is InChI=1S/C19H16N2O2/c1-20-19(23)17(18(22)14-8-10-21-11-9-14)16-7-6-13-4-2-3-5-15(13)12-16/h2-12,22H,1H3,(H,20,23)/b18-17+. The number of rotatable bonds is 3. The summed E-state index contributed by atoms with van der Waals surface area (Å²) in [6.07, 6.45) is 3.15. The summed E-state index contributed by atoms with van der Waals surface area (Å²) in [5.74, 6) is -0.406. The first-order valence-corrected chi connectivity index (χ1v) is 7.25. The Bertz CT molecular complexity index is 886. The predicted octanol–water partition coefficient (Wildman–Crippen LogP) is 3.41. The Morgan fingerprint density at radius 3 is 2.35 bits per heavy atom. The molecule has 3 rings (SSSR count). The maximum absolute atomic E-state index is 12.3. The highest BCUT2D eigenvalue weighted by atomic mass is 16.3. The lowest BCUT2D eigenvalue weighted by Gasteiger charge is -2.11. The molecule has 4 heteroatoms. The molecule has 1 heterocycles. The van der Waals surface area contributed by atoms with Crippen LogP contribution >= 0.6 is 0 Å². The maximum Gasteiger partial charge on any atom is 0.255 e. The SMILES string of the molecule is CNC(=O)/C(=C(/O)c1ccncc1)c1ccc2ccccc2c1. The highest BCUT2D eigenvalue weighted by Crippen LogP contribution is 2.27. The summed E-state index contributed by atoms with van der Waals surface area (Å²) in [7, 11) is 1.54. The van der Waals surface area contributed by atoms with Crippen molar-refractivity contribution in [2.45, 2.75) is 0 Å². The van der Waals surface area contributed by atoms with Gasteiger partial charge in [0, 0.05) is 25.0 Å². The third-order valence-corrected chi connectivity index (χ3v) is 3.68. The van der Waals surface area contributed by atoms with Gasteiger partial charge in [-0.2, -0.15) is 0 Å². The molecule has 0 bridgehead atoms. The summed E-state index contributed by atoms with van der Waals surface area (Å²) in [6, 6.07) is 16.9. The van der Waals surface area contributed by atoms with Crippen LogP contribution in [-0.4, -0.2) is 23.0 Å². The minimum atomic E-state index is -0.338. The Hall–Kier alpha value is -3.14. The first-order valence-electron chi connectivity index (χ1n) is 7.25. The molecule has 4 nitrogen and oxygen atoms in total. The van der Waals surface area contributed by atoms with Gasteiger partial charge in [0.15, 0.2) is 0 Å². The van der Waals surface area contributed by atoms with Crippen LogP contribution in [0.4, 0.5) is 0 Å². The zero-order chi connectivity index (χ0) is 16.2. The summed E-state index contributed by atoms with van der Waals surface area (Å²) >= 11 is 0. The van der Waals surface area contributed by atoms with Gasteiger partial charge in [-0.15, -0.1) is 0 Å². The zero-order valence-corrected chi connectivity index (χ0v) is 12.7. The minimum absolute atomic E-state index is 0.0676. The average molecular weight is 304 g/mol. The number of nitrogens with zero attached hydrogens (tertiary/aromatic N) is 1. The van der Waals surface area contributed by atoms with E-state index in [0.29, 0.717) is 11.1 Å². The maximum atomic E-state index is 12.3. The number of nitrogens with one attached hydrogen (secondary N) is 1. The lowest BCUT2D eigenvalue weighted by Crippen LogP contribution is -2.20. The Balaban J connectivity index is 2.21. The first-order chi connectivity index (χ1) is 11.2. The lowest BCUT2D eigenvalue weighted by molar-refractivity contribution is -0.115. The number of carbonyl (C=O) groups is 1. The van der Waals surface area contributed by atoms with Gasteiger partial charge in [-0.25, -0.2) is 0 Å². The average Bonchev–Trinajstić information content (AvgIpc) is 2.62. The number of pyridine rings is 1.